The van der Waals surface area contributed by atoms with E-state index >= 15 is 0 Å². The van der Waals surface area contributed by atoms with E-state index in [2.05, 4.69) is 9.71 Å². The third-order valence-electron chi connectivity index (χ3n) is 6.16. The van der Waals surface area contributed by atoms with E-state index in [-0.39, 0.29) is 28.1 Å². The van der Waals surface area contributed by atoms with E-state index in [0.717, 1.165) is 24.1 Å². The van der Waals surface area contributed by atoms with Crippen molar-refractivity contribution >= 4 is 44.7 Å². The highest BCUT2D eigenvalue weighted by molar-refractivity contribution is 7.92. The van der Waals surface area contributed by atoms with Gasteiger partial charge in [-0.15, -0.1) is 0 Å². The number of ether oxygens (including phenoxy) is 1. The Morgan fingerprint density at radius 1 is 1.09 bits per heavy atom. The van der Waals surface area contributed by atoms with Crippen molar-refractivity contribution in [2.24, 2.45) is 0 Å². The Morgan fingerprint density at radius 3 is 2.55 bits per heavy atom. The fraction of sp³-hybridized carbons (Fsp3) is 0.217. The molecule has 10 heteroatoms. The van der Waals surface area contributed by atoms with E-state index in [1.807, 2.05) is 0 Å². The van der Waals surface area contributed by atoms with Crippen molar-refractivity contribution < 1.29 is 22.3 Å². The summed E-state index contributed by atoms with van der Waals surface area (Å²) in [6.07, 6.45) is 3.98. The molecule has 1 heterocycles. The molecule has 0 atom stereocenters. The van der Waals surface area contributed by atoms with Crippen LogP contribution in [0, 0.1) is 5.82 Å². The van der Waals surface area contributed by atoms with Gasteiger partial charge in [0, 0.05) is 35.3 Å². The Hall–Kier alpha value is -2.68. The first-order valence-electron chi connectivity index (χ1n) is 10.2. The number of carbonyl (C=O) groups is 1. The Labute approximate surface area is 199 Å². The molecule has 2 aliphatic carbocycles. The van der Waals surface area contributed by atoms with Crippen molar-refractivity contribution in [1.29, 1.82) is 0 Å². The minimum absolute atomic E-state index is 0.0844. The molecular formula is C23H17Cl2FN2O4S. The number of nitrogens with zero attached hydrogens (tertiary/aromatic N) is 1. The van der Waals surface area contributed by atoms with Crippen LogP contribution in [-0.4, -0.2) is 19.2 Å². The molecule has 0 amide bonds. The molecule has 1 saturated carbocycles. The Kier molecular flexibility index (Phi) is 5.34. The van der Waals surface area contributed by atoms with Crippen molar-refractivity contribution in [3.8, 4) is 11.5 Å². The Balaban J connectivity index is 1.59. The van der Waals surface area contributed by atoms with Crippen LogP contribution in [0.4, 0.5) is 10.1 Å². The highest BCUT2D eigenvalue weighted by atomic mass is 35.5. The standard InChI is InChI=1S/C23H17Cl2FN2O4S/c24-13-2-3-20(18(26)8-13)33(30,31)28-14-9-17-16(12-21(29)23(17)5-1-6-23)19(10-14)32-15-4-7-27-22(25)11-15/h2-4,7-11,28H,1,5-6,12H2. The minimum atomic E-state index is -4.27. The van der Waals surface area contributed by atoms with Gasteiger partial charge in [0.05, 0.1) is 11.1 Å². The lowest BCUT2D eigenvalue weighted by Crippen LogP contribution is -2.39. The molecule has 0 radical (unpaired) electrons. The van der Waals surface area contributed by atoms with Crippen molar-refractivity contribution in [1.82, 2.24) is 4.98 Å². The first kappa shape index (κ1) is 22.1. The summed E-state index contributed by atoms with van der Waals surface area (Å²) in [6, 6.07) is 9.59. The lowest BCUT2D eigenvalue weighted by molar-refractivity contribution is -0.125. The van der Waals surface area contributed by atoms with Crippen LogP contribution in [0.1, 0.15) is 30.4 Å². The predicted molar refractivity (Wildman–Crippen MR) is 122 cm³/mol. The molecule has 170 valence electrons. The summed E-state index contributed by atoms with van der Waals surface area (Å²) >= 11 is 11.7. The molecule has 3 aromatic rings. The molecule has 6 nitrogen and oxygen atoms in total. The second kappa shape index (κ2) is 7.97. The summed E-state index contributed by atoms with van der Waals surface area (Å²) < 4.78 is 48.6. The molecule has 0 saturated heterocycles. The third-order valence-corrected chi connectivity index (χ3v) is 8.02. The van der Waals surface area contributed by atoms with Crippen LogP contribution < -0.4 is 9.46 Å². The SMILES string of the molecule is O=C1Cc2c(Oc3ccnc(Cl)c3)cc(NS(=O)(=O)c3ccc(Cl)cc3F)cc2C12CCC2. The first-order valence-corrected chi connectivity index (χ1v) is 12.4. The fourth-order valence-electron chi connectivity index (χ4n) is 4.44. The zero-order valence-electron chi connectivity index (χ0n) is 17.1. The van der Waals surface area contributed by atoms with E-state index < -0.39 is 26.2 Å². The molecule has 1 aromatic heterocycles. The number of Topliss-reactive ketones (excluding diaryl/α,β-unsaturated/α-hetero) is 1. The van der Waals surface area contributed by atoms with Gasteiger partial charge in [-0.1, -0.05) is 29.6 Å². The lowest BCUT2D eigenvalue weighted by atomic mass is 9.64. The number of halogens is 3. The maximum absolute atomic E-state index is 14.3. The number of anilines is 1. The molecule has 1 N–H and O–H groups in total. The molecule has 0 bridgehead atoms. The van der Waals surface area contributed by atoms with Gasteiger partial charge in [0.15, 0.2) is 0 Å². The normalized spacial score (nSPS) is 16.4. The van der Waals surface area contributed by atoms with Crippen LogP contribution in [0.3, 0.4) is 0 Å². The Morgan fingerprint density at radius 2 is 1.88 bits per heavy atom. The molecule has 0 unspecified atom stereocenters. The monoisotopic (exact) mass is 506 g/mol. The lowest BCUT2D eigenvalue weighted by Gasteiger charge is -2.37. The molecule has 0 aliphatic heterocycles. The predicted octanol–water partition coefficient (Wildman–Crippen LogP) is 5.67. The van der Waals surface area contributed by atoms with Crippen molar-refractivity contribution in [2.45, 2.75) is 36.0 Å². The van der Waals surface area contributed by atoms with E-state index in [9.17, 15) is 17.6 Å². The van der Waals surface area contributed by atoms with Crippen LogP contribution in [0.15, 0.2) is 53.6 Å². The van der Waals surface area contributed by atoms with Gasteiger partial charge in [0.2, 0.25) is 0 Å². The number of sulfonamides is 1. The molecule has 5 rings (SSSR count). The first-order chi connectivity index (χ1) is 15.7. The number of pyridine rings is 1. The van der Waals surface area contributed by atoms with Crippen LogP contribution in [0.2, 0.25) is 10.2 Å². The van der Waals surface area contributed by atoms with E-state index in [0.29, 0.717) is 29.9 Å². The highest BCUT2D eigenvalue weighted by Gasteiger charge is 2.51. The topological polar surface area (TPSA) is 85.4 Å². The van der Waals surface area contributed by atoms with E-state index in [4.69, 9.17) is 27.9 Å². The largest absolute Gasteiger partial charge is 0.457 e. The summed E-state index contributed by atoms with van der Waals surface area (Å²) in [6.45, 7) is 0. The van der Waals surface area contributed by atoms with E-state index in [1.54, 1.807) is 12.1 Å². The average Bonchev–Trinajstić information content (AvgIpc) is 2.99. The van der Waals surface area contributed by atoms with Gasteiger partial charge in [0.25, 0.3) is 10.0 Å². The van der Waals surface area contributed by atoms with Crippen LogP contribution >= 0.6 is 23.2 Å². The quantitative estimate of drug-likeness (QED) is 0.450. The second-order valence-corrected chi connectivity index (χ2v) is 10.6. The molecule has 1 fully saturated rings. The summed E-state index contributed by atoms with van der Waals surface area (Å²) in [7, 11) is -4.27. The second-order valence-electron chi connectivity index (χ2n) is 8.13. The van der Waals surface area contributed by atoms with Crippen LogP contribution in [0.25, 0.3) is 0 Å². The smallest absolute Gasteiger partial charge is 0.264 e. The molecule has 1 spiro atoms. The summed E-state index contributed by atoms with van der Waals surface area (Å²) in [5.74, 6) is -0.154. The van der Waals surface area contributed by atoms with Gasteiger partial charge in [0.1, 0.15) is 33.1 Å². The fourth-order valence-corrected chi connectivity index (χ4v) is 5.87. The zero-order valence-corrected chi connectivity index (χ0v) is 19.4. The number of carbonyl (C=O) groups excluding carboxylic acids is 1. The molecule has 2 aromatic carbocycles. The number of hydrogen-bond acceptors (Lipinski definition) is 5. The van der Waals surface area contributed by atoms with Gasteiger partial charge in [-0.05, 0) is 48.7 Å². The van der Waals surface area contributed by atoms with E-state index in [1.165, 1.54) is 24.4 Å². The van der Waals surface area contributed by atoms with Gasteiger partial charge in [-0.3, -0.25) is 9.52 Å². The van der Waals surface area contributed by atoms with Crippen LogP contribution in [-0.2, 0) is 26.7 Å². The zero-order chi connectivity index (χ0) is 23.4. The number of hydrogen-bond donors (Lipinski definition) is 1. The number of rotatable bonds is 5. The number of aromatic nitrogens is 1. The maximum Gasteiger partial charge on any atom is 0.264 e. The minimum Gasteiger partial charge on any atom is -0.457 e. The van der Waals surface area contributed by atoms with Crippen molar-refractivity contribution in [2.75, 3.05) is 4.72 Å². The Bertz CT molecular complexity index is 1410. The van der Waals surface area contributed by atoms with Gasteiger partial charge in [-0.2, -0.15) is 0 Å². The molecule has 2 aliphatic rings. The number of benzene rings is 2. The van der Waals surface area contributed by atoms with Crippen LogP contribution in [0.5, 0.6) is 11.5 Å². The maximum atomic E-state index is 14.3. The molecule has 33 heavy (non-hydrogen) atoms. The summed E-state index contributed by atoms with van der Waals surface area (Å²) in [4.78, 5) is 16.3. The van der Waals surface area contributed by atoms with Crippen molar-refractivity contribution in [3.05, 3.63) is 75.8 Å². The van der Waals surface area contributed by atoms with Crippen molar-refractivity contribution in [3.63, 3.8) is 0 Å². The van der Waals surface area contributed by atoms with Gasteiger partial charge >= 0.3 is 0 Å². The van der Waals surface area contributed by atoms with Gasteiger partial charge < -0.3 is 4.74 Å². The summed E-state index contributed by atoms with van der Waals surface area (Å²) in [5, 5.41) is 0.312. The summed E-state index contributed by atoms with van der Waals surface area (Å²) in [5.41, 5.74) is 0.995. The third kappa shape index (κ3) is 3.86. The average molecular weight is 507 g/mol. The molecular weight excluding hydrogens is 490 g/mol. The number of nitrogens with one attached hydrogen (secondary N) is 1. The highest BCUT2D eigenvalue weighted by Crippen LogP contribution is 2.53. The number of fused-ring (bicyclic) bond motifs is 2. The van der Waals surface area contributed by atoms with Gasteiger partial charge in [-0.25, -0.2) is 17.8 Å². The number of ketones is 1.